The average molecular weight is 286 g/mol. The molecule has 1 aromatic heterocycles. The van der Waals surface area contributed by atoms with Crippen LogP contribution >= 0.6 is 0 Å². The van der Waals surface area contributed by atoms with E-state index in [1.807, 2.05) is 25.2 Å². The number of benzene rings is 1. The van der Waals surface area contributed by atoms with Crippen LogP contribution in [-0.4, -0.2) is 41.7 Å². The van der Waals surface area contributed by atoms with Crippen molar-refractivity contribution in [1.82, 2.24) is 20.4 Å². The lowest BCUT2D eigenvalue weighted by atomic mass is 10.1. The second-order valence-corrected chi connectivity index (χ2v) is 5.71. The molecule has 5 nitrogen and oxygen atoms in total. The van der Waals surface area contributed by atoms with E-state index >= 15 is 0 Å². The summed E-state index contributed by atoms with van der Waals surface area (Å²) < 4.78 is 5.38. The summed E-state index contributed by atoms with van der Waals surface area (Å²) in [5, 5.41) is 7.33. The van der Waals surface area contributed by atoms with E-state index in [9.17, 15) is 0 Å². The molecule has 0 aliphatic carbocycles. The molecule has 5 heteroatoms. The van der Waals surface area contributed by atoms with Crippen LogP contribution in [0.5, 0.6) is 0 Å². The first-order valence-corrected chi connectivity index (χ1v) is 7.56. The van der Waals surface area contributed by atoms with Gasteiger partial charge >= 0.3 is 0 Å². The Labute approximate surface area is 125 Å². The van der Waals surface area contributed by atoms with Crippen LogP contribution in [-0.2, 0) is 13.0 Å². The Balaban J connectivity index is 1.54. The van der Waals surface area contributed by atoms with Gasteiger partial charge in [0, 0.05) is 13.0 Å². The molecule has 2 aromatic rings. The Bertz CT molecular complexity index is 554. The molecule has 0 radical (unpaired) electrons. The normalized spacial score (nSPS) is 19.2. The summed E-state index contributed by atoms with van der Waals surface area (Å²) >= 11 is 0. The molecule has 1 fully saturated rings. The molecule has 0 spiro atoms. The van der Waals surface area contributed by atoms with Crippen molar-refractivity contribution in [1.29, 1.82) is 0 Å². The second-order valence-electron chi connectivity index (χ2n) is 5.71. The summed E-state index contributed by atoms with van der Waals surface area (Å²) in [7, 11) is 2.01. The van der Waals surface area contributed by atoms with Gasteiger partial charge < -0.3 is 9.84 Å². The van der Waals surface area contributed by atoms with Crippen molar-refractivity contribution in [2.75, 3.05) is 26.7 Å². The van der Waals surface area contributed by atoms with Crippen LogP contribution in [0.25, 0.3) is 0 Å². The van der Waals surface area contributed by atoms with Gasteiger partial charge in [-0.15, -0.1) is 0 Å². The van der Waals surface area contributed by atoms with Crippen molar-refractivity contribution >= 4 is 0 Å². The highest BCUT2D eigenvalue weighted by molar-refractivity contribution is 5.18. The molecule has 112 valence electrons. The molecule has 3 rings (SSSR count). The lowest BCUT2D eigenvalue weighted by Crippen LogP contribution is -2.24. The van der Waals surface area contributed by atoms with Crippen LogP contribution in [0.2, 0.25) is 0 Å². The quantitative estimate of drug-likeness (QED) is 0.876. The minimum absolute atomic E-state index is 0.728. The second kappa shape index (κ2) is 6.83. The Kier molecular flexibility index (Phi) is 4.62. The average Bonchev–Trinajstić information content (AvgIpc) is 3.11. The van der Waals surface area contributed by atoms with Crippen LogP contribution in [0.3, 0.4) is 0 Å². The first-order valence-electron chi connectivity index (χ1n) is 7.56. The van der Waals surface area contributed by atoms with E-state index in [4.69, 9.17) is 4.52 Å². The van der Waals surface area contributed by atoms with Gasteiger partial charge in [0.2, 0.25) is 5.89 Å². The predicted molar refractivity (Wildman–Crippen MR) is 80.9 cm³/mol. The largest absolute Gasteiger partial charge is 0.338 e. The van der Waals surface area contributed by atoms with E-state index in [-0.39, 0.29) is 0 Å². The Morgan fingerprint density at radius 2 is 2.19 bits per heavy atom. The summed E-state index contributed by atoms with van der Waals surface area (Å²) in [5.41, 5.74) is 1.21. The van der Waals surface area contributed by atoms with Crippen LogP contribution in [0, 0.1) is 5.92 Å². The molecule has 0 bridgehead atoms. The number of hydrogen-bond acceptors (Lipinski definition) is 5. The molecule has 2 heterocycles. The van der Waals surface area contributed by atoms with Gasteiger partial charge in [-0.2, -0.15) is 4.98 Å². The number of aromatic nitrogens is 2. The smallest absolute Gasteiger partial charge is 0.240 e. The molecule has 0 saturated carbocycles. The van der Waals surface area contributed by atoms with Gasteiger partial charge in [0.15, 0.2) is 5.82 Å². The molecule has 1 saturated heterocycles. The van der Waals surface area contributed by atoms with E-state index in [2.05, 4.69) is 32.5 Å². The molecule has 1 aliphatic heterocycles. The summed E-state index contributed by atoms with van der Waals surface area (Å²) in [6, 6.07) is 10.2. The molecule has 1 aromatic carbocycles. The topological polar surface area (TPSA) is 54.2 Å². The van der Waals surface area contributed by atoms with Gasteiger partial charge in [-0.1, -0.05) is 35.5 Å². The molecular weight excluding hydrogens is 264 g/mol. The van der Waals surface area contributed by atoms with Crippen molar-refractivity contribution in [3.8, 4) is 0 Å². The highest BCUT2D eigenvalue weighted by Gasteiger charge is 2.23. The molecule has 1 unspecified atom stereocenters. The minimum Gasteiger partial charge on any atom is -0.338 e. The van der Waals surface area contributed by atoms with E-state index in [0.29, 0.717) is 0 Å². The predicted octanol–water partition coefficient (Wildman–Crippen LogP) is 1.70. The fourth-order valence-electron chi connectivity index (χ4n) is 2.91. The number of nitrogens with zero attached hydrogens (tertiary/aromatic N) is 3. The molecule has 1 aliphatic rings. The van der Waals surface area contributed by atoms with Crippen molar-refractivity contribution in [3.05, 3.63) is 47.6 Å². The fraction of sp³-hybridized carbons (Fsp3) is 0.500. The Morgan fingerprint density at radius 1 is 1.33 bits per heavy atom. The Hall–Kier alpha value is -1.72. The van der Waals surface area contributed by atoms with Crippen LogP contribution in [0.4, 0.5) is 0 Å². The van der Waals surface area contributed by atoms with Crippen molar-refractivity contribution < 1.29 is 4.52 Å². The number of rotatable bonds is 6. The van der Waals surface area contributed by atoms with Crippen molar-refractivity contribution in [2.45, 2.75) is 19.4 Å². The summed E-state index contributed by atoms with van der Waals surface area (Å²) in [4.78, 5) is 6.90. The lowest BCUT2D eigenvalue weighted by Gasteiger charge is -2.12. The van der Waals surface area contributed by atoms with Crippen LogP contribution in [0.15, 0.2) is 34.9 Å². The highest BCUT2D eigenvalue weighted by Crippen LogP contribution is 2.17. The third-order valence-corrected chi connectivity index (χ3v) is 3.94. The van der Waals surface area contributed by atoms with Gasteiger partial charge in [-0.3, -0.25) is 4.90 Å². The van der Waals surface area contributed by atoms with Gasteiger partial charge in [-0.25, -0.2) is 0 Å². The monoisotopic (exact) mass is 286 g/mol. The number of nitrogens with one attached hydrogen (secondary N) is 1. The van der Waals surface area contributed by atoms with Crippen LogP contribution < -0.4 is 5.32 Å². The zero-order valence-corrected chi connectivity index (χ0v) is 12.5. The maximum atomic E-state index is 5.38. The molecule has 0 amide bonds. The van der Waals surface area contributed by atoms with Gasteiger partial charge in [0.05, 0.1) is 6.54 Å². The number of hydrogen-bond donors (Lipinski definition) is 1. The zero-order chi connectivity index (χ0) is 14.5. The van der Waals surface area contributed by atoms with Gasteiger partial charge in [-0.05, 0) is 38.0 Å². The summed E-state index contributed by atoms with van der Waals surface area (Å²) in [6.07, 6.45) is 1.97. The SMILES string of the molecule is CNCC1CCN(Cc2nc(Cc3ccccc3)no2)C1. The third kappa shape index (κ3) is 3.89. The fourth-order valence-corrected chi connectivity index (χ4v) is 2.91. The van der Waals surface area contributed by atoms with Crippen molar-refractivity contribution in [3.63, 3.8) is 0 Å². The molecular formula is C16H22N4O. The number of likely N-dealkylation sites (tertiary alicyclic amines) is 1. The third-order valence-electron chi connectivity index (χ3n) is 3.94. The standard InChI is InChI=1S/C16H22N4O/c1-17-10-14-7-8-20(11-14)12-16-18-15(19-21-16)9-13-5-3-2-4-6-13/h2-6,14,17H,7-12H2,1H3. The lowest BCUT2D eigenvalue weighted by molar-refractivity contribution is 0.259. The summed E-state index contributed by atoms with van der Waals surface area (Å²) in [5.74, 6) is 2.23. The van der Waals surface area contributed by atoms with E-state index in [0.717, 1.165) is 50.2 Å². The maximum Gasteiger partial charge on any atom is 0.240 e. The van der Waals surface area contributed by atoms with E-state index in [1.54, 1.807) is 0 Å². The van der Waals surface area contributed by atoms with Crippen LogP contribution in [0.1, 0.15) is 23.7 Å². The molecule has 21 heavy (non-hydrogen) atoms. The van der Waals surface area contributed by atoms with E-state index in [1.165, 1.54) is 12.0 Å². The first kappa shape index (κ1) is 14.2. The first-order chi connectivity index (χ1) is 10.3. The molecule has 1 atom stereocenters. The van der Waals surface area contributed by atoms with Gasteiger partial charge in [0.1, 0.15) is 0 Å². The zero-order valence-electron chi connectivity index (χ0n) is 12.5. The summed E-state index contributed by atoms with van der Waals surface area (Å²) in [6.45, 7) is 4.07. The van der Waals surface area contributed by atoms with Crippen molar-refractivity contribution in [2.24, 2.45) is 5.92 Å². The van der Waals surface area contributed by atoms with Gasteiger partial charge in [0.25, 0.3) is 0 Å². The highest BCUT2D eigenvalue weighted by atomic mass is 16.5. The van der Waals surface area contributed by atoms with E-state index < -0.39 is 0 Å². The molecule has 1 N–H and O–H groups in total. The Morgan fingerprint density at radius 3 is 3.00 bits per heavy atom. The minimum atomic E-state index is 0.728. The maximum absolute atomic E-state index is 5.38.